The molecule has 0 aromatic carbocycles. The van der Waals surface area contributed by atoms with Crippen molar-refractivity contribution in [2.45, 2.75) is 78.2 Å². The number of amides is 3. The molecule has 38 heavy (non-hydrogen) atoms. The molecule has 1 aliphatic rings. The zero-order chi connectivity index (χ0) is 29.1. The maximum absolute atomic E-state index is 14.1. The molecular formula is C24H36ClN5O8. The van der Waals surface area contributed by atoms with Crippen LogP contribution in [0.25, 0.3) is 0 Å². The number of imide groups is 1. The molecule has 0 saturated carbocycles. The summed E-state index contributed by atoms with van der Waals surface area (Å²) in [7, 11) is 0. The van der Waals surface area contributed by atoms with Gasteiger partial charge >= 0.3 is 17.7 Å². The first-order valence-corrected chi connectivity index (χ1v) is 12.9. The van der Waals surface area contributed by atoms with Gasteiger partial charge in [0.1, 0.15) is 12.6 Å². The number of hydrogen-bond acceptors (Lipinski definition) is 8. The molecule has 3 atom stereocenters. The maximum atomic E-state index is 14.1. The van der Waals surface area contributed by atoms with Gasteiger partial charge in [-0.3, -0.25) is 33.2 Å². The molecule has 1 saturated heterocycles. The van der Waals surface area contributed by atoms with E-state index in [9.17, 15) is 33.9 Å². The molecule has 1 aliphatic heterocycles. The average molecular weight is 558 g/mol. The number of rotatable bonds is 11. The Morgan fingerprint density at radius 2 is 1.79 bits per heavy atom. The van der Waals surface area contributed by atoms with E-state index in [2.05, 4.69) is 0 Å². The second-order valence-corrected chi connectivity index (χ2v) is 10.5. The van der Waals surface area contributed by atoms with Crippen molar-refractivity contribution in [2.75, 3.05) is 12.4 Å². The normalized spacial score (nSPS) is 17.9. The van der Waals surface area contributed by atoms with Gasteiger partial charge in [-0.15, -0.1) is 11.6 Å². The highest BCUT2D eigenvalue weighted by Gasteiger charge is 2.52. The molecule has 3 amide bonds. The first-order chi connectivity index (χ1) is 17.6. The number of likely N-dealkylation sites (tertiary alicyclic amines) is 1. The second-order valence-electron chi connectivity index (χ2n) is 10.3. The van der Waals surface area contributed by atoms with Gasteiger partial charge in [0.2, 0.25) is 5.88 Å². The van der Waals surface area contributed by atoms with Crippen LogP contribution in [0.4, 0.5) is 4.79 Å². The second kappa shape index (κ2) is 12.1. The Bertz CT molecular complexity index is 1160. The number of imidazole rings is 1. The molecule has 212 valence electrons. The van der Waals surface area contributed by atoms with E-state index in [1.54, 1.807) is 13.8 Å². The largest absolute Gasteiger partial charge is 0.493 e. The number of nitrogens with zero attached hydrogens (tertiary/aromatic N) is 4. The van der Waals surface area contributed by atoms with Crippen LogP contribution in [0.1, 0.15) is 47.5 Å². The number of carboxylic acid groups (broad SMARTS) is 1. The summed E-state index contributed by atoms with van der Waals surface area (Å²) in [4.78, 5) is 80.1. The van der Waals surface area contributed by atoms with Crippen LogP contribution >= 0.6 is 11.6 Å². The summed E-state index contributed by atoms with van der Waals surface area (Å²) in [5.41, 5.74) is 3.07. The van der Waals surface area contributed by atoms with E-state index in [4.69, 9.17) is 22.4 Å². The number of hydrogen-bond donors (Lipinski definition) is 3. The summed E-state index contributed by atoms with van der Waals surface area (Å²) in [6.45, 7) is 6.72. The monoisotopic (exact) mass is 557 g/mol. The predicted octanol–water partition coefficient (Wildman–Crippen LogP) is 0.628. The SMILES string of the molecule is CC(C)[C@@H](C(=O)CCl)N(C(=O)N1CCC[C@H]1C)C(=O)[C@](N)(C(=O)Cn1c(O)cn(CC(=O)O)c1=O)C(C)C. The van der Waals surface area contributed by atoms with Gasteiger partial charge in [0, 0.05) is 12.6 Å². The first kappa shape index (κ1) is 31.0. The maximum Gasteiger partial charge on any atom is 0.332 e. The van der Waals surface area contributed by atoms with Gasteiger partial charge in [-0.1, -0.05) is 27.7 Å². The number of aromatic hydroxyl groups is 1. The van der Waals surface area contributed by atoms with Crippen molar-refractivity contribution in [1.82, 2.24) is 18.9 Å². The van der Waals surface area contributed by atoms with E-state index in [1.165, 1.54) is 18.7 Å². The number of ketones is 2. The molecule has 0 bridgehead atoms. The van der Waals surface area contributed by atoms with Crippen molar-refractivity contribution < 1.29 is 34.2 Å². The summed E-state index contributed by atoms with van der Waals surface area (Å²) in [6.07, 6.45) is 2.23. The van der Waals surface area contributed by atoms with E-state index in [0.29, 0.717) is 28.5 Å². The lowest BCUT2D eigenvalue weighted by atomic mass is 9.80. The summed E-state index contributed by atoms with van der Waals surface area (Å²) in [6, 6.07) is -2.29. The van der Waals surface area contributed by atoms with Crippen LogP contribution in [0.2, 0.25) is 0 Å². The molecule has 2 rings (SSSR count). The number of urea groups is 1. The Kier molecular flexibility index (Phi) is 9.89. The van der Waals surface area contributed by atoms with E-state index >= 15 is 0 Å². The van der Waals surface area contributed by atoms with Crippen molar-refractivity contribution in [3.8, 4) is 5.88 Å². The minimum absolute atomic E-state index is 0.219. The summed E-state index contributed by atoms with van der Waals surface area (Å²) in [5.74, 6) is -6.76. The van der Waals surface area contributed by atoms with E-state index in [-0.39, 0.29) is 6.04 Å². The lowest BCUT2D eigenvalue weighted by Crippen LogP contribution is -2.69. The molecule has 4 N–H and O–H groups in total. The van der Waals surface area contributed by atoms with Crippen LogP contribution < -0.4 is 11.4 Å². The van der Waals surface area contributed by atoms with Crippen LogP contribution in [0.5, 0.6) is 5.88 Å². The minimum Gasteiger partial charge on any atom is -0.493 e. The Morgan fingerprint density at radius 3 is 2.24 bits per heavy atom. The van der Waals surface area contributed by atoms with Crippen LogP contribution in [0.3, 0.4) is 0 Å². The highest BCUT2D eigenvalue weighted by molar-refractivity contribution is 6.29. The topological polar surface area (TPSA) is 185 Å². The summed E-state index contributed by atoms with van der Waals surface area (Å²) >= 11 is 5.83. The number of carbonyl (C=O) groups excluding carboxylic acids is 4. The van der Waals surface area contributed by atoms with Crippen molar-refractivity contribution in [1.29, 1.82) is 0 Å². The first-order valence-electron chi connectivity index (χ1n) is 12.3. The highest BCUT2D eigenvalue weighted by Crippen LogP contribution is 2.28. The number of aromatic nitrogens is 2. The molecule has 1 aromatic rings. The molecule has 13 nitrogen and oxygen atoms in total. The van der Waals surface area contributed by atoms with Crippen LogP contribution in [0.15, 0.2) is 11.0 Å². The van der Waals surface area contributed by atoms with E-state index in [1.807, 2.05) is 6.92 Å². The van der Waals surface area contributed by atoms with Crippen LogP contribution in [0, 0.1) is 11.8 Å². The number of aliphatic carboxylic acids is 1. The fourth-order valence-corrected chi connectivity index (χ4v) is 4.83. The Hall–Kier alpha value is -3.19. The minimum atomic E-state index is -2.39. The molecule has 0 unspecified atom stereocenters. The Morgan fingerprint density at radius 1 is 1.18 bits per heavy atom. The number of carbonyl (C=O) groups is 5. The van der Waals surface area contributed by atoms with Crippen molar-refractivity contribution >= 4 is 41.1 Å². The third-order valence-corrected chi connectivity index (χ3v) is 7.22. The number of halogens is 1. The average Bonchev–Trinajstić information content (AvgIpc) is 3.37. The van der Waals surface area contributed by atoms with Gasteiger partial charge in [0.25, 0.3) is 5.91 Å². The third-order valence-electron chi connectivity index (χ3n) is 6.95. The molecule has 0 aliphatic carbocycles. The fraction of sp³-hybridized carbons (Fsp3) is 0.667. The van der Waals surface area contributed by atoms with Crippen LogP contribution in [-0.4, -0.2) is 88.7 Å². The lowest BCUT2D eigenvalue weighted by molar-refractivity contribution is -0.148. The fourth-order valence-electron chi connectivity index (χ4n) is 4.67. The summed E-state index contributed by atoms with van der Waals surface area (Å²) in [5, 5.41) is 19.2. The summed E-state index contributed by atoms with van der Waals surface area (Å²) < 4.78 is 1.26. The molecule has 14 heteroatoms. The molecule has 1 fully saturated rings. The number of alkyl halides is 1. The van der Waals surface area contributed by atoms with Crippen LogP contribution in [-0.2, 0) is 32.3 Å². The molecule has 0 radical (unpaired) electrons. The number of nitrogens with two attached hydrogens (primary N) is 1. The zero-order valence-corrected chi connectivity index (χ0v) is 23.0. The molecule has 2 heterocycles. The lowest BCUT2D eigenvalue weighted by Gasteiger charge is -2.41. The highest BCUT2D eigenvalue weighted by atomic mass is 35.5. The van der Waals surface area contributed by atoms with Gasteiger partial charge < -0.3 is 20.8 Å². The number of Topliss-reactive ketones (excluding diaryl/α,β-unsaturated/α-hetero) is 2. The van der Waals surface area contributed by atoms with Gasteiger partial charge in [0.15, 0.2) is 17.1 Å². The van der Waals surface area contributed by atoms with Gasteiger partial charge in [0.05, 0.1) is 18.6 Å². The molecular weight excluding hydrogens is 522 g/mol. The number of carboxylic acids is 1. The Labute approximate surface area is 225 Å². The van der Waals surface area contributed by atoms with Gasteiger partial charge in [-0.2, -0.15) is 0 Å². The van der Waals surface area contributed by atoms with Crippen molar-refractivity contribution in [3.63, 3.8) is 0 Å². The van der Waals surface area contributed by atoms with E-state index in [0.717, 1.165) is 11.1 Å². The van der Waals surface area contributed by atoms with Gasteiger partial charge in [-0.05, 0) is 31.6 Å². The molecule has 1 aromatic heterocycles. The zero-order valence-electron chi connectivity index (χ0n) is 22.2. The molecule has 0 spiro atoms. The van der Waals surface area contributed by atoms with Crippen molar-refractivity contribution in [2.24, 2.45) is 17.6 Å². The predicted molar refractivity (Wildman–Crippen MR) is 137 cm³/mol. The smallest absolute Gasteiger partial charge is 0.332 e. The van der Waals surface area contributed by atoms with Crippen molar-refractivity contribution in [3.05, 3.63) is 16.7 Å². The quantitative estimate of drug-likeness (QED) is 0.259. The Balaban J connectivity index is 2.60. The standard InChI is InChI=1S/C24H36ClN5O8/c1-13(2)20(16(31)9-25)30(23(38)28-8-6-7-15(28)5)21(36)24(26,14(3)4)17(32)10-29-18(33)11-27(22(29)37)12-19(34)35/h11,13-15,20,33H,6-10,12,26H2,1-5H3,(H,34,35)/t15-,20+,24-/m1/s1. The third kappa shape index (κ3) is 5.93. The van der Waals surface area contributed by atoms with Gasteiger partial charge in [-0.25, -0.2) is 9.59 Å². The van der Waals surface area contributed by atoms with E-state index < -0.39 is 83.4 Å².